The fourth-order valence-electron chi connectivity index (χ4n) is 10.0. The topological polar surface area (TPSA) is 328 Å². The largest absolute Gasteiger partial charge is 0.392 e. The van der Waals surface area contributed by atoms with Crippen LogP contribution in [0.5, 0.6) is 0 Å². The standard InChI is InChI=1S/C52H90N8O13/c1-7-17-35(19-16-29-61)22-23-36-46(67)57-44(39(63)24-26-53)51(72)60-28-25-40(64)45(60)52(73)58(6)49(70)41(65)31-37(54-42(66)21-14-12-10-9-11-13-18-33(4)30-32(3)8-2)47(68)56-43(34(5)62)50(71)59-27-15-20-38(59)48(69)55-36/h7,16-17,19,32-34,36-41,43-45,47,49,56,61-65,68,70H,1,8-15,18,20-31,53H2,2-6H3,(H,54,66)(H,55,69)(H,57,67). The van der Waals surface area contributed by atoms with Gasteiger partial charge >= 0.3 is 0 Å². The van der Waals surface area contributed by atoms with Gasteiger partial charge in [0.05, 0.1) is 31.0 Å². The lowest BCUT2D eigenvalue weighted by atomic mass is 9.91. The molecule has 6 amide bonds. The lowest BCUT2D eigenvalue weighted by Gasteiger charge is -2.37. The van der Waals surface area contributed by atoms with E-state index in [0.29, 0.717) is 35.2 Å². The van der Waals surface area contributed by atoms with Gasteiger partial charge in [-0.25, -0.2) is 0 Å². The molecule has 3 saturated heterocycles. The van der Waals surface area contributed by atoms with Crippen LogP contribution in [0.4, 0.5) is 0 Å². The first-order valence-corrected chi connectivity index (χ1v) is 26.6. The molecule has 3 aliphatic rings. The van der Waals surface area contributed by atoms with Crippen LogP contribution in [0, 0.1) is 11.8 Å². The van der Waals surface area contributed by atoms with Crippen molar-refractivity contribution in [2.75, 3.05) is 33.3 Å². The lowest BCUT2D eigenvalue weighted by Crippen LogP contribution is -2.62. The second-order valence-corrected chi connectivity index (χ2v) is 20.5. The third kappa shape index (κ3) is 19.4. The maximum absolute atomic E-state index is 14.5. The van der Waals surface area contributed by atoms with Gasteiger partial charge in [-0.05, 0) is 82.2 Å². The molecule has 0 bridgehead atoms. The monoisotopic (exact) mass is 1030 g/mol. The van der Waals surface area contributed by atoms with Gasteiger partial charge in [0.15, 0.2) is 6.23 Å². The van der Waals surface area contributed by atoms with Gasteiger partial charge in [-0.3, -0.25) is 34.1 Å². The Hall–Kier alpha value is -4.32. The number of nitrogens with zero attached hydrogens (tertiary/aromatic N) is 3. The van der Waals surface area contributed by atoms with E-state index in [1.165, 1.54) is 43.2 Å². The molecular weight excluding hydrogens is 945 g/mol. The zero-order chi connectivity index (χ0) is 54.4. The van der Waals surface area contributed by atoms with Gasteiger partial charge in [0.25, 0.3) is 0 Å². The van der Waals surface area contributed by atoms with Gasteiger partial charge in [0.1, 0.15) is 42.5 Å². The average molecular weight is 1040 g/mol. The van der Waals surface area contributed by atoms with Gasteiger partial charge in [-0.15, -0.1) is 0 Å². The maximum Gasteiger partial charge on any atom is 0.249 e. The molecule has 14 unspecified atom stereocenters. The maximum atomic E-state index is 14.5. The molecule has 3 aliphatic heterocycles. The van der Waals surface area contributed by atoms with Crippen LogP contribution in [0.3, 0.4) is 0 Å². The third-order valence-electron chi connectivity index (χ3n) is 14.5. The molecule has 73 heavy (non-hydrogen) atoms. The number of rotatable bonds is 23. The van der Waals surface area contributed by atoms with Gasteiger partial charge in [0, 0.05) is 33.0 Å². The molecule has 14 atom stereocenters. The number of aliphatic hydroxyl groups excluding tert-OH is 7. The highest BCUT2D eigenvalue weighted by atomic mass is 16.3. The van der Waals surface area contributed by atoms with Crippen molar-refractivity contribution in [1.29, 1.82) is 0 Å². The molecule has 0 saturated carbocycles. The van der Waals surface area contributed by atoms with E-state index in [0.717, 1.165) is 44.1 Å². The number of nitrogens with one attached hydrogen (secondary N) is 4. The van der Waals surface area contributed by atoms with Gasteiger partial charge < -0.3 is 72.1 Å². The summed E-state index contributed by atoms with van der Waals surface area (Å²) in [5, 5.41) is 88.4. The molecule has 0 radical (unpaired) electrons. The smallest absolute Gasteiger partial charge is 0.249 e. The van der Waals surface area contributed by atoms with Crippen LogP contribution in [-0.2, 0) is 28.8 Å². The summed E-state index contributed by atoms with van der Waals surface area (Å²) in [4.78, 5) is 88.2. The Morgan fingerprint density at radius 2 is 1.51 bits per heavy atom. The molecule has 0 spiro atoms. The fourth-order valence-corrected chi connectivity index (χ4v) is 10.0. The van der Waals surface area contributed by atoms with Crippen molar-refractivity contribution in [3.8, 4) is 0 Å². The second-order valence-electron chi connectivity index (χ2n) is 20.5. The fraction of sp³-hybridized carbons (Fsp3) is 0.769. The Balaban J connectivity index is 2.01. The molecule has 13 N–H and O–H groups in total. The van der Waals surface area contributed by atoms with Crippen molar-refractivity contribution < 1.29 is 64.5 Å². The summed E-state index contributed by atoms with van der Waals surface area (Å²) in [6.45, 7) is 11.2. The van der Waals surface area contributed by atoms with Crippen LogP contribution >= 0.6 is 0 Å². The molecule has 21 heteroatoms. The minimum atomic E-state index is -2.06. The van der Waals surface area contributed by atoms with Crippen molar-refractivity contribution in [2.24, 2.45) is 17.6 Å². The summed E-state index contributed by atoms with van der Waals surface area (Å²) in [6.07, 6.45) is 4.34. The number of fused-ring (bicyclic) bond motifs is 2. The summed E-state index contributed by atoms with van der Waals surface area (Å²) >= 11 is 0. The molecule has 3 fully saturated rings. The zero-order valence-corrected chi connectivity index (χ0v) is 43.9. The summed E-state index contributed by atoms with van der Waals surface area (Å²) < 4.78 is 0. The number of hydrogen-bond donors (Lipinski definition) is 12. The van der Waals surface area contributed by atoms with E-state index in [1.54, 1.807) is 12.2 Å². The minimum Gasteiger partial charge on any atom is -0.392 e. The molecule has 3 heterocycles. The van der Waals surface area contributed by atoms with Crippen LogP contribution in [0.2, 0.25) is 0 Å². The van der Waals surface area contributed by atoms with E-state index in [2.05, 4.69) is 48.6 Å². The van der Waals surface area contributed by atoms with E-state index < -0.39 is 115 Å². The van der Waals surface area contributed by atoms with Crippen LogP contribution in [0.25, 0.3) is 0 Å². The highest BCUT2D eigenvalue weighted by molar-refractivity contribution is 5.97. The number of allylic oxidation sites excluding steroid dienone is 4. The molecule has 0 aromatic rings. The number of aliphatic hydroxyl groups is 7. The van der Waals surface area contributed by atoms with Crippen molar-refractivity contribution in [2.45, 2.75) is 210 Å². The number of nitrogens with two attached hydrogens (primary N) is 1. The van der Waals surface area contributed by atoms with E-state index in [1.807, 2.05) is 0 Å². The van der Waals surface area contributed by atoms with E-state index in [9.17, 15) is 64.5 Å². The highest BCUT2D eigenvalue weighted by Gasteiger charge is 2.48. The molecule has 0 aromatic heterocycles. The van der Waals surface area contributed by atoms with E-state index >= 15 is 0 Å². The summed E-state index contributed by atoms with van der Waals surface area (Å²) in [6, 6.07) is -9.08. The quantitative estimate of drug-likeness (QED) is 0.0471. The van der Waals surface area contributed by atoms with Crippen LogP contribution in [0.1, 0.15) is 137 Å². The summed E-state index contributed by atoms with van der Waals surface area (Å²) in [5.41, 5.74) is 6.38. The number of carbonyl (C=O) groups is 6. The SMILES string of the molecule is C=CC=C(C=CCO)CCC1NC(=O)C2CCCN2C(=O)C(C(C)O)NC(O)C(NC(=O)CCCCCCCCC(C)CC(C)CC)CC(O)C(O)N(C)C(=O)C2C(O)CCN2C(=O)C(C(O)CCN)NC1=O. The van der Waals surface area contributed by atoms with E-state index in [4.69, 9.17) is 5.73 Å². The van der Waals surface area contributed by atoms with Crippen LogP contribution in [0.15, 0.2) is 36.5 Å². The van der Waals surface area contributed by atoms with Crippen LogP contribution < -0.4 is 27.0 Å². The van der Waals surface area contributed by atoms with E-state index in [-0.39, 0.29) is 64.8 Å². The summed E-state index contributed by atoms with van der Waals surface area (Å²) in [5.74, 6) is -3.65. The molecule has 416 valence electrons. The Bertz CT molecular complexity index is 1840. The molecule has 21 nitrogen and oxygen atoms in total. The molecule has 0 aromatic carbocycles. The number of likely N-dealkylation sites (N-methyl/N-ethyl adjacent to an activating group) is 1. The Labute approximate surface area is 432 Å². The highest BCUT2D eigenvalue weighted by Crippen LogP contribution is 2.26. The number of amides is 6. The number of hydrogen-bond acceptors (Lipinski definition) is 15. The molecular formula is C52H90N8O13. The first-order valence-electron chi connectivity index (χ1n) is 26.6. The Morgan fingerprint density at radius 1 is 0.836 bits per heavy atom. The Kier molecular flexibility index (Phi) is 27.8. The molecule has 0 aliphatic carbocycles. The number of unbranched alkanes of at least 4 members (excludes halogenated alkanes) is 5. The van der Waals surface area contributed by atoms with Gasteiger partial charge in [-0.1, -0.05) is 96.6 Å². The zero-order valence-electron chi connectivity index (χ0n) is 43.9. The predicted molar refractivity (Wildman–Crippen MR) is 274 cm³/mol. The third-order valence-corrected chi connectivity index (χ3v) is 14.5. The molecule has 3 rings (SSSR count). The predicted octanol–water partition coefficient (Wildman–Crippen LogP) is -0.0637. The van der Waals surface area contributed by atoms with Crippen molar-refractivity contribution >= 4 is 35.4 Å². The van der Waals surface area contributed by atoms with Crippen molar-refractivity contribution in [3.05, 3.63) is 36.5 Å². The first-order chi connectivity index (χ1) is 34.7. The van der Waals surface area contributed by atoms with Gasteiger partial charge in [-0.2, -0.15) is 0 Å². The van der Waals surface area contributed by atoms with Crippen molar-refractivity contribution in [1.82, 2.24) is 36.0 Å². The van der Waals surface area contributed by atoms with Crippen LogP contribution in [-0.4, -0.2) is 192 Å². The average Bonchev–Trinajstić information content (AvgIpc) is 4.01. The number of carbonyl (C=O) groups excluding carboxylic acids is 6. The first kappa shape index (κ1) is 63.0. The minimum absolute atomic E-state index is 0.0421. The Morgan fingerprint density at radius 3 is 2.15 bits per heavy atom. The lowest BCUT2D eigenvalue weighted by molar-refractivity contribution is -0.160. The van der Waals surface area contributed by atoms with Crippen molar-refractivity contribution in [3.63, 3.8) is 0 Å². The normalized spacial score (nSPS) is 29.2. The van der Waals surface area contributed by atoms with Gasteiger partial charge in [0.2, 0.25) is 35.4 Å². The second kappa shape index (κ2) is 32.2. The summed E-state index contributed by atoms with van der Waals surface area (Å²) in [7, 11) is 1.12.